The number of alkyl halides is 2. The predicted octanol–water partition coefficient (Wildman–Crippen LogP) is 2.05. The first kappa shape index (κ1) is 19.9. The van der Waals surface area contributed by atoms with Crippen LogP contribution < -0.4 is 11.1 Å². The second-order valence-corrected chi connectivity index (χ2v) is 6.81. The molecule has 3 N–H and O–H groups in total. The second-order valence-electron chi connectivity index (χ2n) is 6.81. The van der Waals surface area contributed by atoms with Gasteiger partial charge in [-0.2, -0.15) is 0 Å². The van der Waals surface area contributed by atoms with E-state index in [0.717, 1.165) is 10.5 Å². The molecular weight excluding hydrogens is 370 g/mol. The number of amides is 2. The molecule has 9 heteroatoms. The second kappa shape index (κ2) is 8.47. The lowest BCUT2D eigenvalue weighted by atomic mass is 10.1. The number of hydrogen-bond acceptors (Lipinski definition) is 5. The van der Waals surface area contributed by atoms with Crippen molar-refractivity contribution < 1.29 is 22.8 Å². The number of oxazole rings is 1. The molecule has 150 valence electrons. The topological polar surface area (TPSA) is 101 Å². The maximum Gasteiger partial charge on any atom is 0.282 e. The van der Waals surface area contributed by atoms with Crippen molar-refractivity contribution in [1.29, 1.82) is 0 Å². The van der Waals surface area contributed by atoms with Crippen LogP contribution in [0.25, 0.3) is 11.5 Å². The normalized spacial score (nSPS) is 16.3. The minimum Gasteiger partial charge on any atom is -0.444 e. The Labute approximate surface area is 160 Å². The number of benzene rings is 1. The summed E-state index contributed by atoms with van der Waals surface area (Å²) >= 11 is 0. The molecular formula is C19H22F2N4O3. The number of unbranched alkanes of at least 4 members (excludes halogenated alkanes) is 1. The Balaban J connectivity index is 1.35. The highest BCUT2D eigenvalue weighted by Gasteiger charge is 2.46. The summed E-state index contributed by atoms with van der Waals surface area (Å²) in [4.78, 5) is 29.2. The van der Waals surface area contributed by atoms with Crippen LogP contribution in [0, 0.1) is 0 Å². The van der Waals surface area contributed by atoms with E-state index in [9.17, 15) is 18.4 Å². The van der Waals surface area contributed by atoms with Gasteiger partial charge in [0.2, 0.25) is 11.8 Å². The molecule has 0 aliphatic carbocycles. The number of nitrogens with one attached hydrogen (secondary N) is 1. The molecule has 1 aliphatic rings. The summed E-state index contributed by atoms with van der Waals surface area (Å²) in [7, 11) is 0. The molecule has 1 aromatic heterocycles. The standard InChI is InChI=1S/C19H22F2N4O3/c20-19(21)11-25(12-19)18(27)14(22)8-4-5-9-23-16(26)15-10-28-17(24-15)13-6-2-1-3-7-13/h1-3,6-7,10,14H,4-5,8-9,11-12,22H2,(H,23,26)/t14-/m0/s1. The summed E-state index contributed by atoms with van der Waals surface area (Å²) in [5.74, 6) is -3.23. The van der Waals surface area contributed by atoms with Gasteiger partial charge in [0, 0.05) is 12.1 Å². The van der Waals surface area contributed by atoms with Gasteiger partial charge >= 0.3 is 0 Å². The molecule has 1 saturated heterocycles. The fourth-order valence-electron chi connectivity index (χ4n) is 2.90. The van der Waals surface area contributed by atoms with Crippen molar-refractivity contribution >= 4 is 11.8 Å². The zero-order valence-electron chi connectivity index (χ0n) is 15.2. The fourth-order valence-corrected chi connectivity index (χ4v) is 2.90. The van der Waals surface area contributed by atoms with Gasteiger partial charge in [-0.15, -0.1) is 0 Å². The molecule has 2 aromatic rings. The van der Waals surface area contributed by atoms with Gasteiger partial charge in [-0.05, 0) is 31.4 Å². The van der Waals surface area contributed by atoms with Gasteiger partial charge in [0.05, 0.1) is 19.1 Å². The van der Waals surface area contributed by atoms with Crippen molar-refractivity contribution in [3.8, 4) is 11.5 Å². The van der Waals surface area contributed by atoms with Crippen LogP contribution in [0.1, 0.15) is 29.8 Å². The molecule has 0 radical (unpaired) electrons. The Hall–Kier alpha value is -2.81. The maximum atomic E-state index is 12.8. The third kappa shape index (κ3) is 4.92. The summed E-state index contributed by atoms with van der Waals surface area (Å²) in [6.45, 7) is -0.731. The van der Waals surface area contributed by atoms with E-state index in [1.54, 1.807) is 0 Å². The monoisotopic (exact) mass is 392 g/mol. The van der Waals surface area contributed by atoms with E-state index in [1.165, 1.54) is 6.26 Å². The fraction of sp³-hybridized carbons (Fsp3) is 0.421. The molecule has 0 bridgehead atoms. The Kier molecular flexibility index (Phi) is 6.03. The average molecular weight is 392 g/mol. The van der Waals surface area contributed by atoms with Crippen LogP contribution in [0.4, 0.5) is 8.78 Å². The number of rotatable bonds is 8. The Morgan fingerprint density at radius 1 is 1.25 bits per heavy atom. The molecule has 3 rings (SSSR count). The van der Waals surface area contributed by atoms with Gasteiger partial charge < -0.3 is 20.4 Å². The Morgan fingerprint density at radius 3 is 2.64 bits per heavy atom. The van der Waals surface area contributed by atoms with Crippen molar-refractivity contribution in [2.75, 3.05) is 19.6 Å². The van der Waals surface area contributed by atoms with Crippen molar-refractivity contribution in [3.63, 3.8) is 0 Å². The van der Waals surface area contributed by atoms with Gasteiger partial charge in [0.1, 0.15) is 6.26 Å². The lowest BCUT2D eigenvalue weighted by Crippen LogP contribution is -2.61. The Morgan fingerprint density at radius 2 is 1.96 bits per heavy atom. The lowest BCUT2D eigenvalue weighted by molar-refractivity contribution is -0.167. The third-order valence-electron chi connectivity index (χ3n) is 4.46. The molecule has 0 unspecified atom stereocenters. The van der Waals surface area contributed by atoms with E-state index >= 15 is 0 Å². The highest BCUT2D eigenvalue weighted by atomic mass is 19.3. The quantitative estimate of drug-likeness (QED) is 0.670. The molecule has 0 saturated carbocycles. The van der Waals surface area contributed by atoms with Crippen LogP contribution in [0.2, 0.25) is 0 Å². The predicted molar refractivity (Wildman–Crippen MR) is 97.6 cm³/mol. The number of likely N-dealkylation sites (tertiary alicyclic amines) is 1. The molecule has 1 fully saturated rings. The largest absolute Gasteiger partial charge is 0.444 e. The molecule has 28 heavy (non-hydrogen) atoms. The zero-order chi connectivity index (χ0) is 20.1. The van der Waals surface area contributed by atoms with Gasteiger partial charge in [-0.25, -0.2) is 13.8 Å². The summed E-state index contributed by atoms with van der Waals surface area (Å²) in [6.07, 6.45) is 2.87. The highest BCUT2D eigenvalue weighted by molar-refractivity contribution is 5.92. The smallest absolute Gasteiger partial charge is 0.282 e. The van der Waals surface area contributed by atoms with Gasteiger partial charge in [0.25, 0.3) is 11.8 Å². The SMILES string of the molecule is N[C@@H](CCCCNC(=O)c1coc(-c2ccccc2)n1)C(=O)N1CC(F)(F)C1. The van der Waals surface area contributed by atoms with Crippen LogP contribution in [-0.4, -0.2) is 53.3 Å². The molecule has 0 spiro atoms. The van der Waals surface area contributed by atoms with E-state index in [0.29, 0.717) is 31.7 Å². The molecule has 2 amide bonds. The number of nitrogens with zero attached hydrogens (tertiary/aromatic N) is 2. The molecule has 7 nitrogen and oxygen atoms in total. The van der Waals surface area contributed by atoms with E-state index in [4.69, 9.17) is 10.2 Å². The number of hydrogen-bond donors (Lipinski definition) is 2. The number of carbonyl (C=O) groups excluding carboxylic acids is 2. The van der Waals surface area contributed by atoms with Crippen LogP contribution >= 0.6 is 0 Å². The number of nitrogens with two attached hydrogens (primary N) is 1. The first-order chi connectivity index (χ1) is 13.4. The molecule has 2 heterocycles. The van der Waals surface area contributed by atoms with Crippen LogP contribution in [0.5, 0.6) is 0 Å². The van der Waals surface area contributed by atoms with Crippen LogP contribution in [-0.2, 0) is 4.79 Å². The van der Waals surface area contributed by atoms with Crippen LogP contribution in [0.3, 0.4) is 0 Å². The summed E-state index contributed by atoms with van der Waals surface area (Å²) in [6, 6.07) is 8.44. The van der Waals surface area contributed by atoms with E-state index in [2.05, 4.69) is 10.3 Å². The highest BCUT2D eigenvalue weighted by Crippen LogP contribution is 2.27. The number of aromatic nitrogens is 1. The number of halogens is 2. The number of carbonyl (C=O) groups is 2. The third-order valence-corrected chi connectivity index (χ3v) is 4.46. The van der Waals surface area contributed by atoms with E-state index < -0.39 is 31.0 Å². The first-order valence-electron chi connectivity index (χ1n) is 9.07. The van der Waals surface area contributed by atoms with Gasteiger partial charge in [-0.1, -0.05) is 18.2 Å². The van der Waals surface area contributed by atoms with Crippen molar-refractivity contribution in [3.05, 3.63) is 42.3 Å². The van der Waals surface area contributed by atoms with Gasteiger partial charge in [0.15, 0.2) is 5.69 Å². The zero-order valence-corrected chi connectivity index (χ0v) is 15.2. The van der Waals surface area contributed by atoms with E-state index in [1.807, 2.05) is 30.3 Å². The van der Waals surface area contributed by atoms with E-state index in [-0.39, 0.29) is 11.6 Å². The molecule has 1 aliphatic heterocycles. The van der Waals surface area contributed by atoms with Gasteiger partial charge in [-0.3, -0.25) is 9.59 Å². The maximum absolute atomic E-state index is 12.8. The van der Waals surface area contributed by atoms with Crippen LogP contribution in [0.15, 0.2) is 41.0 Å². The Bertz CT molecular complexity index is 818. The average Bonchev–Trinajstić information content (AvgIpc) is 3.16. The first-order valence-corrected chi connectivity index (χ1v) is 9.07. The molecule has 1 atom stereocenters. The van der Waals surface area contributed by atoms with Crippen molar-refractivity contribution in [1.82, 2.24) is 15.2 Å². The minimum atomic E-state index is -2.79. The minimum absolute atomic E-state index is 0.185. The summed E-state index contributed by atoms with van der Waals surface area (Å²) < 4.78 is 30.9. The molecule has 1 aromatic carbocycles. The summed E-state index contributed by atoms with van der Waals surface area (Å²) in [5, 5.41) is 2.73. The van der Waals surface area contributed by atoms with Crippen molar-refractivity contribution in [2.24, 2.45) is 5.73 Å². The van der Waals surface area contributed by atoms with Crippen molar-refractivity contribution in [2.45, 2.75) is 31.2 Å². The lowest BCUT2D eigenvalue weighted by Gasteiger charge is -2.39. The summed E-state index contributed by atoms with van der Waals surface area (Å²) in [5.41, 5.74) is 6.72.